The Morgan fingerprint density at radius 1 is 0.962 bits per heavy atom. The van der Waals surface area contributed by atoms with Crippen molar-refractivity contribution in [3.8, 4) is 5.75 Å². The predicted molar refractivity (Wildman–Crippen MR) is 104 cm³/mol. The second kappa shape index (κ2) is 8.89. The number of carbonyl (C=O) groups excluding carboxylic acids is 2. The molecule has 0 heterocycles. The first-order valence-electron chi connectivity index (χ1n) is 8.36. The second-order valence-electron chi connectivity index (χ2n) is 6.14. The van der Waals surface area contributed by atoms with Gasteiger partial charge in [0.2, 0.25) is 11.8 Å². The minimum atomic E-state index is -0.215. The average Bonchev–Trinajstić information content (AvgIpc) is 2.64. The van der Waals surface area contributed by atoms with Crippen molar-refractivity contribution in [1.29, 1.82) is 0 Å². The normalized spacial score (nSPS) is 10.2. The molecule has 26 heavy (non-hydrogen) atoms. The van der Waals surface area contributed by atoms with Crippen molar-refractivity contribution in [3.63, 3.8) is 0 Å². The SMILES string of the molecule is COc1ccc(CNC(=O)CN(C(C)=O)c2ccc(N(C)C)cc2)cc1. The van der Waals surface area contributed by atoms with Gasteiger partial charge in [0.15, 0.2) is 0 Å². The third-order valence-electron chi connectivity index (χ3n) is 4.01. The molecule has 138 valence electrons. The van der Waals surface area contributed by atoms with Crippen LogP contribution in [0.1, 0.15) is 12.5 Å². The zero-order valence-corrected chi connectivity index (χ0v) is 15.7. The largest absolute Gasteiger partial charge is 0.497 e. The van der Waals surface area contributed by atoms with E-state index in [1.54, 1.807) is 7.11 Å². The first-order chi connectivity index (χ1) is 12.4. The number of carbonyl (C=O) groups is 2. The first-order valence-corrected chi connectivity index (χ1v) is 8.36. The molecule has 6 heteroatoms. The fraction of sp³-hybridized carbons (Fsp3) is 0.300. The number of nitrogens with one attached hydrogen (secondary N) is 1. The van der Waals surface area contributed by atoms with E-state index in [1.165, 1.54) is 11.8 Å². The summed E-state index contributed by atoms with van der Waals surface area (Å²) in [6, 6.07) is 15.0. The fourth-order valence-corrected chi connectivity index (χ4v) is 2.46. The lowest BCUT2D eigenvalue weighted by Crippen LogP contribution is -2.39. The maximum atomic E-state index is 12.3. The molecule has 6 nitrogen and oxygen atoms in total. The van der Waals surface area contributed by atoms with E-state index in [-0.39, 0.29) is 18.4 Å². The number of nitrogens with zero attached hydrogens (tertiary/aromatic N) is 2. The molecule has 0 spiro atoms. The van der Waals surface area contributed by atoms with Crippen LogP contribution in [0.25, 0.3) is 0 Å². The third-order valence-corrected chi connectivity index (χ3v) is 4.01. The highest BCUT2D eigenvalue weighted by Crippen LogP contribution is 2.19. The minimum Gasteiger partial charge on any atom is -0.497 e. The van der Waals surface area contributed by atoms with Crippen molar-refractivity contribution < 1.29 is 14.3 Å². The van der Waals surface area contributed by atoms with Crippen LogP contribution in [0.15, 0.2) is 48.5 Å². The summed E-state index contributed by atoms with van der Waals surface area (Å²) in [7, 11) is 5.51. The van der Waals surface area contributed by atoms with Gasteiger partial charge in [-0.3, -0.25) is 9.59 Å². The number of hydrogen-bond acceptors (Lipinski definition) is 4. The average molecular weight is 355 g/mol. The number of ether oxygens (including phenoxy) is 1. The van der Waals surface area contributed by atoms with Crippen LogP contribution in [0.5, 0.6) is 5.75 Å². The molecule has 0 aliphatic heterocycles. The quantitative estimate of drug-likeness (QED) is 0.829. The van der Waals surface area contributed by atoms with Crippen LogP contribution in [-0.4, -0.2) is 39.6 Å². The molecule has 0 aliphatic rings. The highest BCUT2D eigenvalue weighted by atomic mass is 16.5. The molecule has 2 aromatic rings. The Balaban J connectivity index is 1.97. The van der Waals surface area contributed by atoms with Gasteiger partial charge in [0.25, 0.3) is 0 Å². The van der Waals surface area contributed by atoms with Gasteiger partial charge >= 0.3 is 0 Å². The summed E-state index contributed by atoms with van der Waals surface area (Å²) in [6.45, 7) is 1.83. The molecular formula is C20H25N3O3. The Morgan fingerprint density at radius 2 is 1.54 bits per heavy atom. The van der Waals surface area contributed by atoms with Crippen LogP contribution in [0.4, 0.5) is 11.4 Å². The molecule has 0 saturated carbocycles. The molecule has 0 atom stereocenters. The van der Waals surface area contributed by atoms with Crippen molar-refractivity contribution in [2.45, 2.75) is 13.5 Å². The zero-order chi connectivity index (χ0) is 19.1. The Hall–Kier alpha value is -3.02. The molecule has 2 aromatic carbocycles. The van der Waals surface area contributed by atoms with E-state index in [0.29, 0.717) is 12.2 Å². The summed E-state index contributed by atoms with van der Waals surface area (Å²) in [5, 5.41) is 2.84. The van der Waals surface area contributed by atoms with Crippen LogP contribution in [-0.2, 0) is 16.1 Å². The molecule has 0 fully saturated rings. The lowest BCUT2D eigenvalue weighted by Gasteiger charge is -2.22. The highest BCUT2D eigenvalue weighted by molar-refractivity contribution is 5.97. The number of hydrogen-bond donors (Lipinski definition) is 1. The van der Waals surface area contributed by atoms with E-state index in [9.17, 15) is 9.59 Å². The van der Waals surface area contributed by atoms with Crippen molar-refractivity contribution in [3.05, 3.63) is 54.1 Å². The van der Waals surface area contributed by atoms with E-state index in [1.807, 2.05) is 67.5 Å². The van der Waals surface area contributed by atoms with Crippen LogP contribution < -0.4 is 19.9 Å². The van der Waals surface area contributed by atoms with Gasteiger partial charge in [-0.15, -0.1) is 0 Å². The fourth-order valence-electron chi connectivity index (χ4n) is 2.46. The lowest BCUT2D eigenvalue weighted by molar-refractivity contribution is -0.123. The maximum absolute atomic E-state index is 12.3. The van der Waals surface area contributed by atoms with Crippen molar-refractivity contribution >= 4 is 23.2 Å². The molecule has 2 rings (SSSR count). The summed E-state index contributed by atoms with van der Waals surface area (Å²) in [4.78, 5) is 27.7. The number of amides is 2. The van der Waals surface area contributed by atoms with Gasteiger partial charge in [-0.1, -0.05) is 12.1 Å². The molecule has 0 radical (unpaired) electrons. The van der Waals surface area contributed by atoms with Gasteiger partial charge in [0.1, 0.15) is 12.3 Å². The van der Waals surface area contributed by atoms with Crippen LogP contribution in [0.2, 0.25) is 0 Å². The Bertz CT molecular complexity index is 740. The predicted octanol–water partition coefficient (Wildman–Crippen LogP) is 2.43. The van der Waals surface area contributed by atoms with E-state index in [0.717, 1.165) is 17.0 Å². The first kappa shape index (κ1) is 19.3. The minimum absolute atomic E-state index is 0.0210. The Morgan fingerprint density at radius 3 is 2.04 bits per heavy atom. The van der Waals surface area contributed by atoms with Gasteiger partial charge in [-0.2, -0.15) is 0 Å². The number of methoxy groups -OCH3 is 1. The monoisotopic (exact) mass is 355 g/mol. The van der Waals surface area contributed by atoms with Gasteiger partial charge in [0.05, 0.1) is 7.11 Å². The molecule has 1 N–H and O–H groups in total. The summed E-state index contributed by atoms with van der Waals surface area (Å²) < 4.78 is 5.11. The lowest BCUT2D eigenvalue weighted by atomic mass is 10.2. The zero-order valence-electron chi connectivity index (χ0n) is 15.7. The molecule has 0 bridgehead atoms. The number of anilines is 2. The molecular weight excluding hydrogens is 330 g/mol. The maximum Gasteiger partial charge on any atom is 0.240 e. The van der Waals surface area contributed by atoms with E-state index in [4.69, 9.17) is 4.74 Å². The second-order valence-corrected chi connectivity index (χ2v) is 6.14. The standard InChI is InChI=1S/C20H25N3O3/c1-15(24)23(18-9-7-17(8-10-18)22(2)3)14-20(25)21-13-16-5-11-19(26-4)12-6-16/h5-12H,13-14H2,1-4H3,(H,21,25). The molecule has 0 unspecified atom stereocenters. The highest BCUT2D eigenvalue weighted by Gasteiger charge is 2.15. The summed E-state index contributed by atoms with van der Waals surface area (Å²) in [5.41, 5.74) is 2.69. The summed E-state index contributed by atoms with van der Waals surface area (Å²) >= 11 is 0. The molecule has 0 aliphatic carbocycles. The molecule has 0 aromatic heterocycles. The van der Waals surface area contributed by atoms with Gasteiger partial charge in [-0.05, 0) is 42.0 Å². The van der Waals surface area contributed by atoms with Crippen molar-refractivity contribution in [2.24, 2.45) is 0 Å². The summed E-state index contributed by atoms with van der Waals surface area (Å²) in [5.74, 6) is 0.374. The topological polar surface area (TPSA) is 61.9 Å². The van der Waals surface area contributed by atoms with Crippen LogP contribution >= 0.6 is 0 Å². The molecule has 2 amide bonds. The van der Waals surface area contributed by atoms with E-state index in [2.05, 4.69) is 5.32 Å². The van der Waals surface area contributed by atoms with Gasteiger partial charge in [0, 0.05) is 38.9 Å². The Labute approximate surface area is 154 Å². The van der Waals surface area contributed by atoms with Crippen molar-refractivity contribution in [2.75, 3.05) is 37.5 Å². The Kier molecular flexibility index (Phi) is 6.60. The van der Waals surface area contributed by atoms with Crippen LogP contribution in [0, 0.1) is 0 Å². The van der Waals surface area contributed by atoms with Crippen LogP contribution in [0.3, 0.4) is 0 Å². The smallest absolute Gasteiger partial charge is 0.240 e. The molecule has 0 saturated heterocycles. The third kappa shape index (κ3) is 5.24. The summed E-state index contributed by atoms with van der Waals surface area (Å²) in [6.07, 6.45) is 0. The van der Waals surface area contributed by atoms with E-state index >= 15 is 0 Å². The van der Waals surface area contributed by atoms with E-state index < -0.39 is 0 Å². The van der Waals surface area contributed by atoms with Gasteiger partial charge in [-0.25, -0.2) is 0 Å². The number of rotatable bonds is 7. The number of benzene rings is 2. The van der Waals surface area contributed by atoms with Gasteiger partial charge < -0.3 is 19.9 Å². The van der Waals surface area contributed by atoms with Crippen molar-refractivity contribution in [1.82, 2.24) is 5.32 Å².